The number of rotatable bonds is 9. The van der Waals surface area contributed by atoms with E-state index in [1.807, 2.05) is 0 Å². The number of benzene rings is 12. The van der Waals surface area contributed by atoms with E-state index >= 15 is 0 Å². The smallest absolute Gasteiger partial charge is 0.252 e. The van der Waals surface area contributed by atoms with E-state index in [9.17, 15) is 0 Å². The van der Waals surface area contributed by atoms with Gasteiger partial charge >= 0.3 is 0 Å². The molecule has 4 heterocycles. The molecule has 7 nitrogen and oxygen atoms in total. The van der Waals surface area contributed by atoms with Gasteiger partial charge in [0.15, 0.2) is 23.0 Å². The molecule has 1 aliphatic carbocycles. The molecule has 0 unspecified atom stereocenters. The molecule has 17 rings (SSSR count). The molecule has 0 saturated carbocycles. The van der Waals surface area contributed by atoms with Crippen LogP contribution in [0.25, 0.3) is 55.6 Å². The van der Waals surface area contributed by atoms with Crippen molar-refractivity contribution in [2.45, 2.75) is 97.8 Å². The fraction of sp³-hybridized carbons (Fsp3) is 0.209. The van der Waals surface area contributed by atoms with Crippen LogP contribution in [0.3, 0.4) is 0 Å². The van der Waals surface area contributed by atoms with Gasteiger partial charge in [-0.05, 0) is 207 Å². The molecular weight excluding hydrogens is 1210 g/mol. The average molecular weight is 1290 g/mol. The van der Waals surface area contributed by atoms with Crippen LogP contribution in [0, 0.1) is 0 Å². The lowest BCUT2D eigenvalue weighted by molar-refractivity contribution is 0.171. The standard InChI is InChI=1S/C91H82BN3O4/c1-88(2,3)65-29-21-59(22-30-65)62-47-63(60-23-31-66(32-24-60)89(4,5)6)49-72(48-62)95-79-41-33-67(90(7,8)9)52-77(79)92-78-55-85-86(99-46-45-98-85)56-80(78)94(71-39-42-83-84(54-71)97-44-43-96-83)81-50-64(51-82(95)87(81)92)61-27-36-69(37-28-61)93(68-34-25-58(26-35-68)57-17-13-12-14-18-57)70-38-40-74-73-19-15-16-20-75(73)91(10,11)76(74)53-70/h12-42,47-56H,43-46H2,1-11H3. The molecule has 5 aliphatic rings. The molecule has 0 atom stereocenters. The molecule has 0 aromatic heterocycles. The summed E-state index contributed by atoms with van der Waals surface area (Å²) >= 11 is 0. The number of nitrogens with zero attached hydrogens (tertiary/aromatic N) is 3. The zero-order chi connectivity index (χ0) is 67.9. The predicted molar refractivity (Wildman–Crippen MR) is 413 cm³/mol. The molecule has 0 spiro atoms. The van der Waals surface area contributed by atoms with Crippen LogP contribution in [0.2, 0.25) is 0 Å². The third kappa shape index (κ3) is 10.7. The van der Waals surface area contributed by atoms with Crippen molar-refractivity contribution >= 4 is 74.3 Å². The number of ether oxygens (including phenoxy) is 4. The quantitative estimate of drug-likeness (QED) is 0.133. The highest BCUT2D eigenvalue weighted by Crippen LogP contribution is 2.54. The summed E-state index contributed by atoms with van der Waals surface area (Å²) in [6.45, 7) is 27.1. The van der Waals surface area contributed by atoms with Gasteiger partial charge in [-0.15, -0.1) is 0 Å². The number of anilines is 9. The summed E-state index contributed by atoms with van der Waals surface area (Å²) in [5.41, 5.74) is 31.0. The van der Waals surface area contributed by atoms with Crippen molar-refractivity contribution in [3.05, 3.63) is 277 Å². The van der Waals surface area contributed by atoms with Gasteiger partial charge in [-0.1, -0.05) is 222 Å². The van der Waals surface area contributed by atoms with Crippen molar-refractivity contribution in [3.63, 3.8) is 0 Å². The van der Waals surface area contributed by atoms with Crippen molar-refractivity contribution in [1.82, 2.24) is 0 Å². The van der Waals surface area contributed by atoms with Gasteiger partial charge in [-0.3, -0.25) is 0 Å². The number of hydrogen-bond acceptors (Lipinski definition) is 7. The van der Waals surface area contributed by atoms with Crippen LogP contribution in [-0.2, 0) is 21.7 Å². The Labute approximate surface area is 584 Å². The summed E-state index contributed by atoms with van der Waals surface area (Å²) in [6.07, 6.45) is 0. The van der Waals surface area contributed by atoms with Gasteiger partial charge in [-0.2, -0.15) is 0 Å². The van der Waals surface area contributed by atoms with Gasteiger partial charge in [0.1, 0.15) is 26.4 Å². The van der Waals surface area contributed by atoms with Crippen molar-refractivity contribution in [2.75, 3.05) is 41.1 Å². The van der Waals surface area contributed by atoms with Gasteiger partial charge in [-0.25, -0.2) is 0 Å². The molecule has 0 saturated heterocycles. The van der Waals surface area contributed by atoms with Crippen molar-refractivity contribution in [3.8, 4) is 78.6 Å². The van der Waals surface area contributed by atoms with E-state index in [-0.39, 0.29) is 28.4 Å². The monoisotopic (exact) mass is 1290 g/mol. The molecule has 8 heteroatoms. The highest BCUT2D eigenvalue weighted by molar-refractivity contribution is 7.00. The van der Waals surface area contributed by atoms with Crippen molar-refractivity contribution in [1.29, 1.82) is 0 Å². The summed E-state index contributed by atoms with van der Waals surface area (Å²) in [6, 6.07) is 93.7. The second-order valence-corrected chi connectivity index (χ2v) is 31.1. The predicted octanol–water partition coefficient (Wildman–Crippen LogP) is 21.6. The van der Waals surface area contributed by atoms with Crippen LogP contribution in [-0.4, -0.2) is 33.1 Å². The van der Waals surface area contributed by atoms with E-state index in [1.165, 1.54) is 61.0 Å². The lowest BCUT2D eigenvalue weighted by Gasteiger charge is -2.45. The van der Waals surface area contributed by atoms with Crippen molar-refractivity contribution in [2.24, 2.45) is 0 Å². The van der Waals surface area contributed by atoms with Gasteiger partial charge in [0.2, 0.25) is 0 Å². The lowest BCUT2D eigenvalue weighted by atomic mass is 9.33. The van der Waals surface area contributed by atoms with Gasteiger partial charge in [0, 0.05) is 63.0 Å². The molecule has 0 bridgehead atoms. The Kier molecular flexibility index (Phi) is 14.5. The maximum absolute atomic E-state index is 6.58. The minimum Gasteiger partial charge on any atom is -0.486 e. The average Bonchev–Trinajstić information content (AvgIpc) is 1.30. The number of hydrogen-bond donors (Lipinski definition) is 0. The highest BCUT2D eigenvalue weighted by Gasteiger charge is 2.46. The lowest BCUT2D eigenvalue weighted by Crippen LogP contribution is -2.61. The summed E-state index contributed by atoms with van der Waals surface area (Å²) in [5.74, 6) is 2.93. The Bertz CT molecular complexity index is 5100. The molecule has 12 aromatic rings. The first kappa shape index (κ1) is 61.9. The minimum atomic E-state index is -0.219. The van der Waals surface area contributed by atoms with E-state index in [0.29, 0.717) is 32.2 Å². The SMILES string of the molecule is CC(C)(C)c1ccc(-c2cc(-c3ccc(C(C)(C)C)cc3)cc(N3c4ccc(C(C)(C)C)cc4B4c5cc6c(cc5N(c5ccc7c(c5)OCCO7)c5cc(-c7ccc(N(c8ccc(-c9ccccc9)cc8)c8ccc9c(c8)C(C)(C)c8ccccc8-9)cc7)cc3c54)OCCO6)c2)cc1. The first-order valence-electron chi connectivity index (χ1n) is 35.1. The highest BCUT2D eigenvalue weighted by atomic mass is 16.6. The minimum absolute atomic E-state index is 0.00277. The van der Waals surface area contributed by atoms with E-state index in [4.69, 9.17) is 18.9 Å². The maximum Gasteiger partial charge on any atom is 0.252 e. The summed E-state index contributed by atoms with van der Waals surface area (Å²) in [7, 11) is 0. The second-order valence-electron chi connectivity index (χ2n) is 31.1. The van der Waals surface area contributed by atoms with Gasteiger partial charge in [0.25, 0.3) is 6.71 Å². The first-order valence-corrected chi connectivity index (χ1v) is 35.1. The van der Waals surface area contributed by atoms with Crippen LogP contribution in [0.5, 0.6) is 23.0 Å². The van der Waals surface area contributed by atoms with E-state index in [1.54, 1.807) is 0 Å². The maximum atomic E-state index is 6.58. The van der Waals surface area contributed by atoms with Crippen LogP contribution in [0.1, 0.15) is 104 Å². The van der Waals surface area contributed by atoms with Gasteiger partial charge in [0.05, 0.1) is 5.69 Å². The Morgan fingerprint density at radius 1 is 0.323 bits per heavy atom. The van der Waals surface area contributed by atoms with Gasteiger partial charge < -0.3 is 33.6 Å². The van der Waals surface area contributed by atoms with Crippen LogP contribution in [0.4, 0.5) is 51.2 Å². The fourth-order valence-electron chi connectivity index (χ4n) is 15.8. The zero-order valence-electron chi connectivity index (χ0n) is 58.6. The molecular formula is C91H82BN3O4. The zero-order valence-corrected chi connectivity index (χ0v) is 58.6. The fourth-order valence-corrected chi connectivity index (χ4v) is 15.8. The molecule has 99 heavy (non-hydrogen) atoms. The van der Waals surface area contributed by atoms with Crippen LogP contribution >= 0.6 is 0 Å². The molecule has 488 valence electrons. The van der Waals surface area contributed by atoms with E-state index < -0.39 is 0 Å². The third-order valence-electron chi connectivity index (χ3n) is 21.2. The third-order valence-corrected chi connectivity index (χ3v) is 21.2. The van der Waals surface area contributed by atoms with E-state index in [0.717, 1.165) is 107 Å². The van der Waals surface area contributed by atoms with Crippen molar-refractivity contribution < 1.29 is 18.9 Å². The Hall–Kier alpha value is -10.7. The summed E-state index contributed by atoms with van der Waals surface area (Å²) in [5, 5.41) is 0. The Morgan fingerprint density at radius 2 is 0.778 bits per heavy atom. The topological polar surface area (TPSA) is 46.6 Å². The summed E-state index contributed by atoms with van der Waals surface area (Å²) < 4.78 is 25.8. The first-order chi connectivity index (χ1) is 47.7. The van der Waals surface area contributed by atoms with Crippen LogP contribution in [0.15, 0.2) is 249 Å². The molecule has 0 fully saturated rings. The largest absolute Gasteiger partial charge is 0.486 e. The van der Waals surface area contributed by atoms with Crippen LogP contribution < -0.4 is 50.0 Å². The molecule has 0 amide bonds. The molecule has 0 N–H and O–H groups in total. The molecule has 12 aromatic carbocycles. The molecule has 0 radical (unpaired) electrons. The Morgan fingerprint density at radius 3 is 1.36 bits per heavy atom. The second kappa shape index (κ2) is 23.2. The normalized spacial score (nSPS) is 14.6. The number of fused-ring (bicyclic) bond motifs is 9. The Balaban J connectivity index is 0.907. The van der Waals surface area contributed by atoms with E-state index in [2.05, 4.69) is 340 Å². The molecule has 4 aliphatic heterocycles. The summed E-state index contributed by atoms with van der Waals surface area (Å²) in [4.78, 5) is 7.45.